The number of nitrogens with one attached hydrogen (secondary N) is 1. The summed E-state index contributed by atoms with van der Waals surface area (Å²) in [4.78, 5) is 11.3. The van der Waals surface area contributed by atoms with E-state index in [2.05, 4.69) is 5.32 Å². The fraction of sp³-hybridized carbons (Fsp3) is 0.417. The standard InChI is InChI=1S/C12H16ClNO3/c1-2-5-14-12(16)8-17-11-4-3-10(13)6-9(11)7-15/h3-4,6,15H,2,5,7-8H2,1H3,(H,14,16). The van der Waals surface area contributed by atoms with Gasteiger partial charge in [-0.1, -0.05) is 18.5 Å². The minimum Gasteiger partial charge on any atom is -0.483 e. The first kappa shape index (κ1) is 13.8. The number of amides is 1. The molecule has 0 saturated heterocycles. The molecule has 0 saturated carbocycles. The molecule has 0 radical (unpaired) electrons. The second-order valence-corrected chi connectivity index (χ2v) is 3.99. The van der Waals surface area contributed by atoms with Crippen LogP contribution in [-0.4, -0.2) is 24.2 Å². The molecule has 1 aromatic rings. The summed E-state index contributed by atoms with van der Waals surface area (Å²) in [6.07, 6.45) is 0.884. The van der Waals surface area contributed by atoms with Crippen molar-refractivity contribution in [3.05, 3.63) is 28.8 Å². The summed E-state index contributed by atoms with van der Waals surface area (Å²) in [5.41, 5.74) is 0.570. The zero-order valence-electron chi connectivity index (χ0n) is 9.70. The van der Waals surface area contributed by atoms with Crippen LogP contribution in [0.25, 0.3) is 0 Å². The molecule has 5 heteroatoms. The van der Waals surface area contributed by atoms with Gasteiger partial charge in [0.1, 0.15) is 5.75 Å². The minimum absolute atomic E-state index is 0.0609. The van der Waals surface area contributed by atoms with Crippen molar-refractivity contribution in [2.24, 2.45) is 0 Å². The lowest BCUT2D eigenvalue weighted by Gasteiger charge is -2.10. The zero-order chi connectivity index (χ0) is 12.7. The maximum atomic E-state index is 11.3. The maximum Gasteiger partial charge on any atom is 0.257 e. The SMILES string of the molecule is CCCNC(=O)COc1ccc(Cl)cc1CO. The molecule has 0 aliphatic carbocycles. The van der Waals surface area contributed by atoms with Crippen molar-refractivity contribution in [3.63, 3.8) is 0 Å². The molecule has 1 aromatic carbocycles. The van der Waals surface area contributed by atoms with Gasteiger partial charge in [0, 0.05) is 17.1 Å². The van der Waals surface area contributed by atoms with Crippen LogP contribution < -0.4 is 10.1 Å². The normalized spacial score (nSPS) is 10.1. The molecule has 0 heterocycles. The predicted octanol–water partition coefficient (Wildman–Crippen LogP) is 1.74. The second-order valence-electron chi connectivity index (χ2n) is 3.55. The van der Waals surface area contributed by atoms with Crippen LogP contribution in [-0.2, 0) is 11.4 Å². The lowest BCUT2D eigenvalue weighted by atomic mass is 10.2. The minimum atomic E-state index is -0.175. The van der Waals surface area contributed by atoms with E-state index in [4.69, 9.17) is 21.4 Å². The van der Waals surface area contributed by atoms with Crippen molar-refractivity contribution in [1.82, 2.24) is 5.32 Å². The highest BCUT2D eigenvalue weighted by Gasteiger charge is 2.06. The van der Waals surface area contributed by atoms with Gasteiger partial charge >= 0.3 is 0 Å². The van der Waals surface area contributed by atoms with Crippen LogP contribution in [0.1, 0.15) is 18.9 Å². The number of rotatable bonds is 6. The molecule has 17 heavy (non-hydrogen) atoms. The van der Waals surface area contributed by atoms with Crippen LogP contribution in [0.5, 0.6) is 5.75 Å². The zero-order valence-corrected chi connectivity index (χ0v) is 10.5. The van der Waals surface area contributed by atoms with E-state index in [1.54, 1.807) is 18.2 Å². The van der Waals surface area contributed by atoms with Gasteiger partial charge in [-0.25, -0.2) is 0 Å². The number of hydrogen-bond acceptors (Lipinski definition) is 3. The van der Waals surface area contributed by atoms with Gasteiger partial charge in [-0.2, -0.15) is 0 Å². The largest absolute Gasteiger partial charge is 0.483 e. The average molecular weight is 258 g/mol. The fourth-order valence-corrected chi connectivity index (χ4v) is 1.47. The van der Waals surface area contributed by atoms with E-state index < -0.39 is 0 Å². The maximum absolute atomic E-state index is 11.3. The molecular weight excluding hydrogens is 242 g/mol. The molecule has 2 N–H and O–H groups in total. The van der Waals surface area contributed by atoms with Gasteiger partial charge in [0.2, 0.25) is 0 Å². The molecule has 0 aliphatic heterocycles. The van der Waals surface area contributed by atoms with Gasteiger partial charge in [0.25, 0.3) is 5.91 Å². The summed E-state index contributed by atoms with van der Waals surface area (Å²) in [6.45, 7) is 2.38. The van der Waals surface area contributed by atoms with Gasteiger partial charge in [-0.05, 0) is 24.6 Å². The number of benzene rings is 1. The first-order valence-electron chi connectivity index (χ1n) is 5.46. The Hall–Kier alpha value is -1.26. The highest BCUT2D eigenvalue weighted by atomic mass is 35.5. The number of ether oxygens (including phenoxy) is 1. The van der Waals surface area contributed by atoms with E-state index in [0.717, 1.165) is 6.42 Å². The van der Waals surface area contributed by atoms with E-state index in [-0.39, 0.29) is 19.1 Å². The van der Waals surface area contributed by atoms with Crippen LogP contribution >= 0.6 is 11.6 Å². The Balaban J connectivity index is 2.54. The Morgan fingerprint density at radius 2 is 2.29 bits per heavy atom. The monoisotopic (exact) mass is 257 g/mol. The quantitative estimate of drug-likeness (QED) is 0.816. The summed E-state index contributed by atoms with van der Waals surface area (Å²) >= 11 is 5.78. The number of halogens is 1. The van der Waals surface area contributed by atoms with Gasteiger partial charge in [0.15, 0.2) is 6.61 Å². The van der Waals surface area contributed by atoms with Crippen LogP contribution in [0.2, 0.25) is 5.02 Å². The van der Waals surface area contributed by atoms with Crippen LogP contribution in [0.3, 0.4) is 0 Å². The predicted molar refractivity (Wildman–Crippen MR) is 66.2 cm³/mol. The van der Waals surface area contributed by atoms with Crippen molar-refractivity contribution in [2.45, 2.75) is 20.0 Å². The molecular formula is C12H16ClNO3. The summed E-state index contributed by atoms with van der Waals surface area (Å²) in [6, 6.07) is 4.90. The molecule has 0 fully saturated rings. The van der Waals surface area contributed by atoms with E-state index in [0.29, 0.717) is 22.9 Å². The van der Waals surface area contributed by atoms with E-state index >= 15 is 0 Å². The van der Waals surface area contributed by atoms with Crippen molar-refractivity contribution >= 4 is 17.5 Å². The van der Waals surface area contributed by atoms with E-state index in [9.17, 15) is 4.79 Å². The van der Waals surface area contributed by atoms with Crippen molar-refractivity contribution in [2.75, 3.05) is 13.2 Å². The highest BCUT2D eigenvalue weighted by Crippen LogP contribution is 2.22. The van der Waals surface area contributed by atoms with Crippen LogP contribution in [0.15, 0.2) is 18.2 Å². The number of aliphatic hydroxyl groups is 1. The lowest BCUT2D eigenvalue weighted by molar-refractivity contribution is -0.123. The van der Waals surface area contributed by atoms with Crippen molar-refractivity contribution < 1.29 is 14.6 Å². The molecule has 94 valence electrons. The Labute approximate surface area is 106 Å². The molecule has 4 nitrogen and oxygen atoms in total. The highest BCUT2D eigenvalue weighted by molar-refractivity contribution is 6.30. The topological polar surface area (TPSA) is 58.6 Å². The third-order valence-corrected chi connectivity index (χ3v) is 2.36. The summed E-state index contributed by atoms with van der Waals surface area (Å²) in [5.74, 6) is 0.300. The Morgan fingerprint density at radius 3 is 2.94 bits per heavy atom. The molecule has 0 aromatic heterocycles. The van der Waals surface area contributed by atoms with Crippen molar-refractivity contribution in [3.8, 4) is 5.75 Å². The third-order valence-electron chi connectivity index (χ3n) is 2.12. The van der Waals surface area contributed by atoms with E-state index in [1.807, 2.05) is 6.92 Å². The molecule has 0 spiro atoms. The molecule has 0 aliphatic rings. The Kier molecular flexibility index (Phi) is 5.80. The van der Waals surface area contributed by atoms with Crippen molar-refractivity contribution in [1.29, 1.82) is 0 Å². The third kappa shape index (κ3) is 4.63. The number of hydrogen-bond donors (Lipinski definition) is 2. The first-order chi connectivity index (χ1) is 8.17. The van der Waals surface area contributed by atoms with Gasteiger partial charge in [0.05, 0.1) is 6.61 Å². The fourth-order valence-electron chi connectivity index (χ4n) is 1.27. The van der Waals surface area contributed by atoms with Crippen LogP contribution in [0, 0.1) is 0 Å². The number of carbonyl (C=O) groups excluding carboxylic acids is 1. The number of aliphatic hydroxyl groups excluding tert-OH is 1. The molecule has 0 bridgehead atoms. The molecule has 0 atom stereocenters. The first-order valence-corrected chi connectivity index (χ1v) is 5.84. The molecule has 1 rings (SSSR count). The van der Waals surface area contributed by atoms with Gasteiger partial charge in [-0.3, -0.25) is 4.79 Å². The summed E-state index contributed by atoms with van der Waals surface area (Å²) in [5, 5.41) is 12.3. The van der Waals surface area contributed by atoms with Gasteiger partial charge in [-0.15, -0.1) is 0 Å². The second kappa shape index (κ2) is 7.14. The average Bonchev–Trinajstić information content (AvgIpc) is 2.34. The number of carbonyl (C=O) groups is 1. The summed E-state index contributed by atoms with van der Waals surface area (Å²) < 4.78 is 5.31. The smallest absolute Gasteiger partial charge is 0.257 e. The van der Waals surface area contributed by atoms with E-state index in [1.165, 1.54) is 0 Å². The Morgan fingerprint density at radius 1 is 1.53 bits per heavy atom. The summed E-state index contributed by atoms with van der Waals surface area (Å²) in [7, 11) is 0. The van der Waals surface area contributed by atoms with Gasteiger partial charge < -0.3 is 15.2 Å². The van der Waals surface area contributed by atoms with Crippen LogP contribution in [0.4, 0.5) is 0 Å². The molecule has 1 amide bonds. The lowest BCUT2D eigenvalue weighted by Crippen LogP contribution is -2.29. The molecule has 0 unspecified atom stereocenters. The Bertz CT molecular complexity index is 382.